The summed E-state index contributed by atoms with van der Waals surface area (Å²) in [4.78, 5) is 28.9. The Balaban J connectivity index is 1.52. The van der Waals surface area contributed by atoms with Crippen LogP contribution in [0, 0.1) is 0 Å². The molecule has 2 amide bonds. The molecule has 0 spiro atoms. The molecule has 186 valence electrons. The average Bonchev–Trinajstić information content (AvgIpc) is 3.18. The second-order valence-electron chi connectivity index (χ2n) is 8.69. The van der Waals surface area contributed by atoms with Crippen LogP contribution in [0.5, 0.6) is 0 Å². The lowest BCUT2D eigenvalue weighted by Crippen LogP contribution is -2.45. The molecule has 0 radical (unpaired) electrons. The molecule has 1 aromatic carbocycles. The molecule has 2 aromatic rings. The Morgan fingerprint density at radius 1 is 1.12 bits per heavy atom. The molecular formula is C25H36N4O5. The summed E-state index contributed by atoms with van der Waals surface area (Å²) in [5.74, 6) is 0.669. The quantitative estimate of drug-likeness (QED) is 0.356. The van der Waals surface area contributed by atoms with Crippen molar-refractivity contribution in [2.75, 3.05) is 25.1 Å². The van der Waals surface area contributed by atoms with E-state index < -0.39 is 5.54 Å². The monoisotopic (exact) mass is 472 g/mol. The molecular weight excluding hydrogens is 436 g/mol. The number of amides is 2. The highest BCUT2D eigenvalue weighted by Crippen LogP contribution is 2.34. The summed E-state index contributed by atoms with van der Waals surface area (Å²) in [6.45, 7) is 5.68. The molecule has 0 saturated heterocycles. The summed E-state index contributed by atoms with van der Waals surface area (Å²) in [7, 11) is 0. The van der Waals surface area contributed by atoms with Gasteiger partial charge in [0.05, 0.1) is 19.8 Å². The van der Waals surface area contributed by atoms with Crippen LogP contribution in [0.4, 0.5) is 5.69 Å². The number of hydrogen-bond donors (Lipinski definition) is 2. The van der Waals surface area contributed by atoms with Crippen molar-refractivity contribution in [2.45, 2.75) is 77.4 Å². The zero-order chi connectivity index (χ0) is 24.2. The molecule has 0 bridgehead atoms. The average molecular weight is 473 g/mol. The molecule has 9 heteroatoms. The first-order valence-corrected chi connectivity index (χ1v) is 12.2. The van der Waals surface area contributed by atoms with Gasteiger partial charge < -0.3 is 24.6 Å². The van der Waals surface area contributed by atoms with E-state index in [1.165, 1.54) is 6.92 Å². The van der Waals surface area contributed by atoms with Crippen LogP contribution in [-0.2, 0) is 37.6 Å². The summed E-state index contributed by atoms with van der Waals surface area (Å²) < 4.78 is 16.3. The zero-order valence-electron chi connectivity index (χ0n) is 20.2. The molecule has 9 nitrogen and oxygen atoms in total. The first-order chi connectivity index (χ1) is 16.5. The van der Waals surface area contributed by atoms with Crippen LogP contribution in [-0.4, -0.2) is 41.8 Å². The maximum atomic E-state index is 12.5. The van der Waals surface area contributed by atoms with Crippen molar-refractivity contribution in [1.29, 1.82) is 0 Å². The third kappa shape index (κ3) is 7.92. The maximum Gasteiger partial charge on any atom is 0.227 e. The highest BCUT2D eigenvalue weighted by molar-refractivity contribution is 5.90. The van der Waals surface area contributed by atoms with E-state index in [9.17, 15) is 9.59 Å². The van der Waals surface area contributed by atoms with Crippen molar-refractivity contribution in [3.8, 4) is 0 Å². The Labute approximate surface area is 201 Å². The molecule has 1 aliphatic rings. The van der Waals surface area contributed by atoms with E-state index in [2.05, 4.69) is 20.8 Å². The van der Waals surface area contributed by atoms with Crippen molar-refractivity contribution in [1.82, 2.24) is 15.5 Å². The highest BCUT2D eigenvalue weighted by Gasteiger charge is 2.38. The van der Waals surface area contributed by atoms with Crippen molar-refractivity contribution >= 4 is 17.5 Å². The van der Waals surface area contributed by atoms with E-state index in [0.29, 0.717) is 50.3 Å². The predicted molar refractivity (Wildman–Crippen MR) is 127 cm³/mol. The van der Waals surface area contributed by atoms with Gasteiger partial charge in [-0.1, -0.05) is 43.0 Å². The van der Waals surface area contributed by atoms with Crippen molar-refractivity contribution in [3.05, 3.63) is 41.5 Å². The zero-order valence-corrected chi connectivity index (χ0v) is 20.2. The minimum Gasteiger partial charge on any atom is -0.379 e. The molecule has 0 unspecified atom stereocenters. The Morgan fingerprint density at radius 2 is 1.88 bits per heavy atom. The lowest BCUT2D eigenvalue weighted by Gasteiger charge is -2.30. The Hall–Kier alpha value is -2.78. The largest absolute Gasteiger partial charge is 0.379 e. The number of nitrogens with one attached hydrogen (secondary N) is 2. The minimum absolute atomic E-state index is 0.102. The number of aromatic nitrogens is 2. The van der Waals surface area contributed by atoms with E-state index in [4.69, 9.17) is 14.0 Å². The molecule has 34 heavy (non-hydrogen) atoms. The molecule has 2 N–H and O–H groups in total. The summed E-state index contributed by atoms with van der Waals surface area (Å²) in [5, 5.41) is 10.2. The van der Waals surface area contributed by atoms with Gasteiger partial charge in [0, 0.05) is 32.1 Å². The van der Waals surface area contributed by atoms with Gasteiger partial charge in [-0.25, -0.2) is 0 Å². The van der Waals surface area contributed by atoms with Crippen LogP contribution >= 0.6 is 0 Å². The van der Waals surface area contributed by atoms with Crippen molar-refractivity contribution in [3.63, 3.8) is 0 Å². The number of ether oxygens (including phenoxy) is 2. The van der Waals surface area contributed by atoms with E-state index >= 15 is 0 Å². The summed E-state index contributed by atoms with van der Waals surface area (Å²) in [6, 6.07) is 7.58. The number of carbonyl (C=O) groups excluding carboxylic acids is 2. The van der Waals surface area contributed by atoms with E-state index in [1.54, 1.807) is 0 Å². The second-order valence-corrected chi connectivity index (χ2v) is 8.69. The molecule has 0 aliphatic heterocycles. The van der Waals surface area contributed by atoms with Crippen LogP contribution in [0.25, 0.3) is 0 Å². The molecule has 0 atom stereocenters. The number of rotatable bonds is 12. The van der Waals surface area contributed by atoms with Gasteiger partial charge in [-0.2, -0.15) is 4.98 Å². The molecule has 3 rings (SSSR count). The molecule has 1 fully saturated rings. The fourth-order valence-electron chi connectivity index (χ4n) is 4.26. The van der Waals surface area contributed by atoms with Crippen LogP contribution in [0.3, 0.4) is 0 Å². The SMILES string of the molecule is CCOCCOCc1cccc(NC(=O)CCc2nc(C3(NC(C)=O)CCCCCC3)no2)c1. The third-order valence-electron chi connectivity index (χ3n) is 5.89. The van der Waals surface area contributed by atoms with Gasteiger partial charge in [0.1, 0.15) is 5.54 Å². The molecule has 1 aliphatic carbocycles. The smallest absolute Gasteiger partial charge is 0.227 e. The predicted octanol–water partition coefficient (Wildman–Crippen LogP) is 3.88. The van der Waals surface area contributed by atoms with E-state index in [0.717, 1.165) is 44.1 Å². The number of aryl methyl sites for hydroxylation is 1. The first-order valence-electron chi connectivity index (χ1n) is 12.2. The third-order valence-corrected chi connectivity index (χ3v) is 5.89. The summed E-state index contributed by atoms with van der Waals surface area (Å²) in [5.41, 5.74) is 1.10. The van der Waals surface area contributed by atoms with Gasteiger partial charge in [0.2, 0.25) is 17.7 Å². The lowest BCUT2D eigenvalue weighted by molar-refractivity contribution is -0.121. The van der Waals surface area contributed by atoms with Crippen LogP contribution in [0.1, 0.15) is 76.1 Å². The normalized spacial score (nSPS) is 15.5. The molecule has 1 saturated carbocycles. The summed E-state index contributed by atoms with van der Waals surface area (Å²) >= 11 is 0. The Bertz CT molecular complexity index is 922. The van der Waals surface area contributed by atoms with Gasteiger partial charge in [-0.05, 0) is 37.5 Å². The van der Waals surface area contributed by atoms with Gasteiger partial charge >= 0.3 is 0 Å². The van der Waals surface area contributed by atoms with Crippen LogP contribution in [0.2, 0.25) is 0 Å². The van der Waals surface area contributed by atoms with Gasteiger partial charge in [0.15, 0.2) is 5.82 Å². The maximum absolute atomic E-state index is 12.5. The Morgan fingerprint density at radius 3 is 2.62 bits per heavy atom. The minimum atomic E-state index is -0.586. The summed E-state index contributed by atoms with van der Waals surface area (Å²) in [6.07, 6.45) is 6.39. The fourth-order valence-corrected chi connectivity index (χ4v) is 4.26. The van der Waals surface area contributed by atoms with Crippen molar-refractivity contribution < 1.29 is 23.6 Å². The number of hydrogen-bond acceptors (Lipinski definition) is 7. The fraction of sp³-hybridized carbons (Fsp3) is 0.600. The van der Waals surface area contributed by atoms with Crippen LogP contribution < -0.4 is 10.6 Å². The van der Waals surface area contributed by atoms with Crippen molar-refractivity contribution in [2.24, 2.45) is 0 Å². The Kier molecular flexibility index (Phi) is 10.0. The number of nitrogens with zero attached hydrogens (tertiary/aromatic N) is 2. The standard InChI is InChI=1S/C25H36N4O5/c1-3-32-15-16-33-18-20-9-8-10-21(17-20)26-22(31)11-12-23-27-24(29-34-23)25(28-19(2)30)13-6-4-5-7-14-25/h8-10,17H,3-7,11-16,18H2,1-2H3,(H,26,31)(H,28,30). The van der Waals surface area contributed by atoms with E-state index in [1.807, 2.05) is 31.2 Å². The molecule has 1 aromatic heterocycles. The van der Waals surface area contributed by atoms with E-state index in [-0.39, 0.29) is 18.2 Å². The number of carbonyl (C=O) groups is 2. The topological polar surface area (TPSA) is 116 Å². The van der Waals surface area contributed by atoms with Gasteiger partial charge in [-0.3, -0.25) is 9.59 Å². The lowest BCUT2D eigenvalue weighted by atomic mass is 9.89. The van der Waals surface area contributed by atoms with Gasteiger partial charge in [0.25, 0.3) is 0 Å². The van der Waals surface area contributed by atoms with Crippen LogP contribution in [0.15, 0.2) is 28.8 Å². The second kappa shape index (κ2) is 13.2. The first kappa shape index (κ1) is 25.8. The highest BCUT2D eigenvalue weighted by atomic mass is 16.5. The number of benzene rings is 1. The number of anilines is 1. The van der Waals surface area contributed by atoms with Gasteiger partial charge in [-0.15, -0.1) is 0 Å². The molecule has 1 heterocycles.